The van der Waals surface area contributed by atoms with Crippen LogP contribution in [0.5, 0.6) is 0 Å². The molecule has 0 radical (unpaired) electrons. The lowest BCUT2D eigenvalue weighted by atomic mass is 9.98. The average Bonchev–Trinajstić information content (AvgIpc) is 2.67. The van der Waals surface area contributed by atoms with Crippen molar-refractivity contribution in [3.63, 3.8) is 0 Å². The fraction of sp³-hybridized carbons (Fsp3) is 0.700. The van der Waals surface area contributed by atoms with Crippen LogP contribution in [0.15, 0.2) is 17.3 Å². The van der Waals surface area contributed by atoms with Crippen LogP contribution >= 0.6 is 0 Å². The molecule has 98 valence electrons. The Morgan fingerprint density at radius 3 is 2.47 bits per heavy atom. The monoisotopic (exact) mass is 261 g/mol. The number of aliphatic hydroxyl groups is 1. The Bertz CT molecular complexity index is 467. The Morgan fingerprint density at radius 2 is 2.12 bits per heavy atom. The van der Waals surface area contributed by atoms with Crippen molar-refractivity contribution >= 4 is 9.84 Å². The summed E-state index contributed by atoms with van der Waals surface area (Å²) in [6.07, 6.45) is 3.79. The number of hydrogen-bond donors (Lipinski definition) is 2. The van der Waals surface area contributed by atoms with E-state index in [1.54, 1.807) is 0 Å². The first-order valence-electron chi connectivity index (χ1n) is 5.38. The second kappa shape index (κ2) is 5.16. The number of sulfone groups is 1. The number of aliphatic hydroxyl groups excluding tert-OH is 1. The first-order chi connectivity index (χ1) is 7.77. The standard InChI is InChI=1S/C10H19N3O3S/c1-7(2)10(11)9(6-14)13-5-8(4-12-13)17(3,15)16/h4-5,7,9-10,14H,6,11H2,1-3H3. The zero-order chi connectivity index (χ0) is 13.2. The third kappa shape index (κ3) is 3.27. The van der Waals surface area contributed by atoms with Gasteiger partial charge in [0.15, 0.2) is 9.84 Å². The third-order valence-corrected chi connectivity index (χ3v) is 3.81. The van der Waals surface area contributed by atoms with Crippen LogP contribution in [0, 0.1) is 5.92 Å². The highest BCUT2D eigenvalue weighted by Crippen LogP contribution is 2.17. The van der Waals surface area contributed by atoms with E-state index in [4.69, 9.17) is 5.73 Å². The van der Waals surface area contributed by atoms with E-state index in [2.05, 4.69) is 5.10 Å². The molecule has 0 aliphatic heterocycles. The Labute approximate surface area is 101 Å². The summed E-state index contributed by atoms with van der Waals surface area (Å²) in [5, 5.41) is 13.3. The van der Waals surface area contributed by atoms with Crippen LogP contribution < -0.4 is 5.73 Å². The van der Waals surface area contributed by atoms with Crippen molar-refractivity contribution in [3.8, 4) is 0 Å². The van der Waals surface area contributed by atoms with Crippen LogP contribution in [0.4, 0.5) is 0 Å². The van der Waals surface area contributed by atoms with Gasteiger partial charge in [-0.1, -0.05) is 13.8 Å². The summed E-state index contributed by atoms with van der Waals surface area (Å²) in [6, 6.07) is -0.696. The minimum absolute atomic E-state index is 0.131. The molecule has 17 heavy (non-hydrogen) atoms. The van der Waals surface area contributed by atoms with Gasteiger partial charge in [-0.15, -0.1) is 0 Å². The highest BCUT2D eigenvalue weighted by Gasteiger charge is 2.23. The van der Waals surface area contributed by atoms with Crippen LogP contribution in [0.1, 0.15) is 19.9 Å². The van der Waals surface area contributed by atoms with Crippen molar-refractivity contribution in [1.29, 1.82) is 0 Å². The van der Waals surface area contributed by atoms with Crippen molar-refractivity contribution in [1.82, 2.24) is 9.78 Å². The van der Waals surface area contributed by atoms with E-state index in [0.717, 1.165) is 6.26 Å². The van der Waals surface area contributed by atoms with Crippen molar-refractivity contribution in [3.05, 3.63) is 12.4 Å². The summed E-state index contributed by atoms with van der Waals surface area (Å²) >= 11 is 0. The number of rotatable bonds is 5. The normalized spacial score (nSPS) is 16.1. The molecular formula is C10H19N3O3S. The van der Waals surface area contributed by atoms with Gasteiger partial charge in [-0.2, -0.15) is 5.10 Å². The maximum atomic E-state index is 11.3. The highest BCUT2D eigenvalue weighted by molar-refractivity contribution is 7.90. The maximum absolute atomic E-state index is 11.3. The first kappa shape index (κ1) is 14.1. The maximum Gasteiger partial charge on any atom is 0.178 e. The highest BCUT2D eigenvalue weighted by atomic mass is 32.2. The molecule has 0 saturated heterocycles. The van der Waals surface area contributed by atoms with Crippen LogP contribution in [-0.2, 0) is 9.84 Å². The fourth-order valence-electron chi connectivity index (χ4n) is 1.52. The molecule has 0 aliphatic rings. The molecule has 0 aliphatic carbocycles. The molecule has 1 rings (SSSR count). The Hall–Kier alpha value is -0.920. The Balaban J connectivity index is 3.02. The van der Waals surface area contributed by atoms with Gasteiger partial charge >= 0.3 is 0 Å². The summed E-state index contributed by atoms with van der Waals surface area (Å²) in [5.74, 6) is 0.165. The zero-order valence-electron chi connectivity index (χ0n) is 10.2. The number of nitrogens with two attached hydrogens (primary N) is 1. The number of hydrogen-bond acceptors (Lipinski definition) is 5. The van der Waals surface area contributed by atoms with Gasteiger partial charge in [-0.3, -0.25) is 4.68 Å². The number of aromatic nitrogens is 2. The topological polar surface area (TPSA) is 98.2 Å². The molecule has 0 fully saturated rings. The number of nitrogens with zero attached hydrogens (tertiary/aromatic N) is 2. The van der Waals surface area contributed by atoms with Gasteiger partial charge in [-0.25, -0.2) is 8.42 Å². The molecule has 6 nitrogen and oxygen atoms in total. The van der Waals surface area contributed by atoms with E-state index in [1.165, 1.54) is 17.1 Å². The second-order valence-corrected chi connectivity index (χ2v) is 6.52. The van der Waals surface area contributed by atoms with Gasteiger partial charge < -0.3 is 10.8 Å². The summed E-state index contributed by atoms with van der Waals surface area (Å²) in [6.45, 7) is 3.70. The summed E-state index contributed by atoms with van der Waals surface area (Å²) in [4.78, 5) is 0.131. The van der Waals surface area contributed by atoms with E-state index in [0.29, 0.717) is 0 Å². The van der Waals surface area contributed by atoms with Crippen LogP contribution in [0.2, 0.25) is 0 Å². The molecule has 0 amide bonds. The minimum atomic E-state index is -3.28. The summed E-state index contributed by atoms with van der Waals surface area (Å²) in [7, 11) is -3.28. The van der Waals surface area contributed by atoms with Crippen LogP contribution in [0.3, 0.4) is 0 Å². The van der Waals surface area contributed by atoms with Crippen molar-refractivity contribution < 1.29 is 13.5 Å². The quantitative estimate of drug-likeness (QED) is 0.765. The van der Waals surface area contributed by atoms with Gasteiger partial charge in [0, 0.05) is 18.5 Å². The molecule has 1 aromatic rings. The summed E-state index contributed by atoms with van der Waals surface area (Å²) in [5.41, 5.74) is 5.95. The smallest absolute Gasteiger partial charge is 0.178 e. The first-order valence-corrected chi connectivity index (χ1v) is 7.27. The van der Waals surface area contributed by atoms with Gasteiger partial charge in [-0.05, 0) is 5.92 Å². The van der Waals surface area contributed by atoms with Gasteiger partial charge in [0.25, 0.3) is 0 Å². The third-order valence-electron chi connectivity index (χ3n) is 2.75. The van der Waals surface area contributed by atoms with Gasteiger partial charge in [0.2, 0.25) is 0 Å². The van der Waals surface area contributed by atoms with E-state index >= 15 is 0 Å². The predicted octanol–water partition coefficient (Wildman–Crippen LogP) is -0.197. The van der Waals surface area contributed by atoms with E-state index in [-0.39, 0.29) is 23.5 Å². The lowest BCUT2D eigenvalue weighted by Gasteiger charge is -2.25. The van der Waals surface area contributed by atoms with E-state index in [1.807, 2.05) is 13.8 Å². The lowest BCUT2D eigenvalue weighted by molar-refractivity contribution is 0.178. The molecule has 0 spiro atoms. The fourth-order valence-corrected chi connectivity index (χ4v) is 2.06. The van der Waals surface area contributed by atoms with E-state index in [9.17, 15) is 13.5 Å². The van der Waals surface area contributed by atoms with Crippen molar-refractivity contribution in [2.24, 2.45) is 11.7 Å². The van der Waals surface area contributed by atoms with E-state index < -0.39 is 15.9 Å². The molecule has 0 saturated carbocycles. The SMILES string of the molecule is CC(C)C(N)C(CO)n1cc(S(C)(=O)=O)cn1. The molecule has 7 heteroatoms. The van der Waals surface area contributed by atoms with Crippen LogP contribution in [0.25, 0.3) is 0 Å². The van der Waals surface area contributed by atoms with Crippen molar-refractivity contribution in [2.75, 3.05) is 12.9 Å². The van der Waals surface area contributed by atoms with Crippen LogP contribution in [-0.4, -0.2) is 42.2 Å². The summed E-state index contributed by atoms with van der Waals surface area (Å²) < 4.78 is 24.0. The molecule has 3 N–H and O–H groups in total. The zero-order valence-corrected chi connectivity index (χ0v) is 11.1. The Kier molecular flexibility index (Phi) is 4.29. The second-order valence-electron chi connectivity index (χ2n) is 4.50. The lowest BCUT2D eigenvalue weighted by Crippen LogP contribution is -2.39. The largest absolute Gasteiger partial charge is 0.394 e. The molecule has 0 bridgehead atoms. The average molecular weight is 261 g/mol. The predicted molar refractivity (Wildman–Crippen MR) is 64.3 cm³/mol. The van der Waals surface area contributed by atoms with Gasteiger partial charge in [0.1, 0.15) is 4.90 Å². The molecular weight excluding hydrogens is 242 g/mol. The molecule has 2 atom stereocenters. The molecule has 1 aromatic heterocycles. The Morgan fingerprint density at radius 1 is 1.53 bits per heavy atom. The van der Waals surface area contributed by atoms with Crippen molar-refractivity contribution in [2.45, 2.75) is 30.8 Å². The van der Waals surface area contributed by atoms with Gasteiger partial charge in [0.05, 0.1) is 18.8 Å². The molecule has 0 aromatic carbocycles. The molecule has 1 heterocycles. The minimum Gasteiger partial charge on any atom is -0.394 e. The molecule has 2 unspecified atom stereocenters.